The summed E-state index contributed by atoms with van der Waals surface area (Å²) in [5.41, 5.74) is 0.289. The Labute approximate surface area is 141 Å². The zero-order chi connectivity index (χ0) is 17.9. The van der Waals surface area contributed by atoms with E-state index in [2.05, 4.69) is 6.58 Å². The lowest BCUT2D eigenvalue weighted by Gasteiger charge is -2.32. The highest BCUT2D eigenvalue weighted by atomic mass is 32.2. The summed E-state index contributed by atoms with van der Waals surface area (Å²) < 4.78 is 44.1. The van der Waals surface area contributed by atoms with Gasteiger partial charge in [-0.15, -0.1) is 0 Å². The highest BCUT2D eigenvalue weighted by molar-refractivity contribution is 7.87. The van der Waals surface area contributed by atoms with Gasteiger partial charge in [0.05, 0.1) is 18.0 Å². The van der Waals surface area contributed by atoms with Crippen LogP contribution in [0.15, 0.2) is 12.2 Å². The van der Waals surface area contributed by atoms with Crippen LogP contribution >= 0.6 is 0 Å². The van der Waals surface area contributed by atoms with Crippen LogP contribution in [0.1, 0.15) is 32.6 Å². The molecular formula is C15H22O8S. The number of esters is 2. The minimum absolute atomic E-state index is 0.0410. The standard InChI is InChI=1S/C15H22O8S/c1-9(2)15(17)21-6-4-5-13(16)22-14-11(20-3)7-10-8-12(14)23-24(10,18)19/h10-12,14H,1,4-8H2,2-3H3. The van der Waals surface area contributed by atoms with Crippen molar-refractivity contribution >= 4 is 22.1 Å². The van der Waals surface area contributed by atoms with Crippen molar-refractivity contribution in [3.63, 3.8) is 0 Å². The van der Waals surface area contributed by atoms with Gasteiger partial charge < -0.3 is 14.2 Å². The first-order valence-corrected chi connectivity index (χ1v) is 9.18. The fourth-order valence-electron chi connectivity index (χ4n) is 2.80. The van der Waals surface area contributed by atoms with Crippen LogP contribution in [0.25, 0.3) is 0 Å². The Morgan fingerprint density at radius 1 is 1.29 bits per heavy atom. The van der Waals surface area contributed by atoms with Crippen molar-refractivity contribution in [1.82, 2.24) is 0 Å². The van der Waals surface area contributed by atoms with Crippen LogP contribution in [0.5, 0.6) is 0 Å². The van der Waals surface area contributed by atoms with Crippen LogP contribution in [0.3, 0.4) is 0 Å². The summed E-state index contributed by atoms with van der Waals surface area (Å²) in [5.74, 6) is -1.02. The van der Waals surface area contributed by atoms with E-state index in [4.69, 9.17) is 18.4 Å². The number of hydrogen-bond acceptors (Lipinski definition) is 8. The molecule has 1 heterocycles. The summed E-state index contributed by atoms with van der Waals surface area (Å²) in [6.07, 6.45) is -1.09. The molecule has 2 fully saturated rings. The summed E-state index contributed by atoms with van der Waals surface area (Å²) in [5, 5.41) is -0.607. The Hall–Kier alpha value is -1.45. The molecule has 4 unspecified atom stereocenters. The highest BCUT2D eigenvalue weighted by Gasteiger charge is 2.53. The Kier molecular flexibility index (Phi) is 6.00. The first-order chi connectivity index (χ1) is 11.2. The molecule has 0 aromatic heterocycles. The molecule has 0 amide bonds. The zero-order valence-electron chi connectivity index (χ0n) is 13.7. The molecule has 1 aliphatic heterocycles. The molecule has 8 nitrogen and oxygen atoms in total. The lowest BCUT2D eigenvalue weighted by atomic mass is 9.91. The van der Waals surface area contributed by atoms with Crippen LogP contribution in [0, 0.1) is 0 Å². The second-order valence-corrected chi connectivity index (χ2v) is 7.81. The number of carbonyl (C=O) groups is 2. The molecule has 136 valence electrons. The van der Waals surface area contributed by atoms with E-state index in [1.54, 1.807) is 0 Å². The highest BCUT2D eigenvalue weighted by Crippen LogP contribution is 2.38. The maximum atomic E-state index is 11.9. The van der Waals surface area contributed by atoms with Crippen molar-refractivity contribution in [1.29, 1.82) is 0 Å². The minimum Gasteiger partial charge on any atom is -0.462 e. The summed E-state index contributed by atoms with van der Waals surface area (Å²) in [6, 6.07) is 0. The molecule has 2 aliphatic rings. The molecular weight excluding hydrogens is 340 g/mol. The van der Waals surface area contributed by atoms with Gasteiger partial charge in [-0.2, -0.15) is 8.42 Å². The van der Waals surface area contributed by atoms with Crippen molar-refractivity contribution in [3.05, 3.63) is 12.2 Å². The normalized spacial score (nSPS) is 30.6. The maximum Gasteiger partial charge on any atom is 0.333 e. The van der Waals surface area contributed by atoms with Gasteiger partial charge >= 0.3 is 11.9 Å². The molecule has 0 N–H and O–H groups in total. The molecule has 1 saturated carbocycles. The SMILES string of the molecule is C=C(C)C(=O)OCCCC(=O)OC1C(OC)CC2CC1OS2(=O)=O. The molecule has 1 aliphatic carbocycles. The van der Waals surface area contributed by atoms with Crippen LogP contribution < -0.4 is 0 Å². The van der Waals surface area contributed by atoms with Gasteiger partial charge in [-0.05, 0) is 26.2 Å². The first-order valence-electron chi connectivity index (χ1n) is 7.71. The van der Waals surface area contributed by atoms with Crippen molar-refractivity contribution in [2.24, 2.45) is 0 Å². The molecule has 9 heteroatoms. The third-order valence-electron chi connectivity index (χ3n) is 4.07. The molecule has 1 saturated heterocycles. The van der Waals surface area contributed by atoms with E-state index in [1.165, 1.54) is 14.0 Å². The van der Waals surface area contributed by atoms with Gasteiger partial charge in [0.15, 0.2) is 6.10 Å². The monoisotopic (exact) mass is 362 g/mol. The number of carbonyl (C=O) groups excluding carboxylic acids is 2. The molecule has 2 bridgehead atoms. The predicted octanol–water partition coefficient (Wildman–Crippen LogP) is 0.704. The van der Waals surface area contributed by atoms with E-state index in [1.807, 2.05) is 0 Å². The van der Waals surface area contributed by atoms with E-state index in [-0.39, 0.29) is 25.0 Å². The quantitative estimate of drug-likeness (QED) is 0.282. The van der Waals surface area contributed by atoms with Crippen LogP contribution in [-0.4, -0.2) is 57.6 Å². The fraction of sp³-hybridized carbons (Fsp3) is 0.733. The van der Waals surface area contributed by atoms with E-state index < -0.39 is 45.6 Å². The molecule has 0 aromatic rings. The minimum atomic E-state index is -3.61. The van der Waals surface area contributed by atoms with Crippen molar-refractivity contribution in [2.45, 2.75) is 56.2 Å². The number of methoxy groups -OCH3 is 1. The fourth-order valence-corrected chi connectivity index (χ4v) is 4.34. The Balaban J connectivity index is 1.82. The third-order valence-corrected chi connectivity index (χ3v) is 5.78. The molecule has 2 rings (SSSR count). The molecule has 0 radical (unpaired) electrons. The lowest BCUT2D eigenvalue weighted by molar-refractivity contribution is -0.167. The van der Waals surface area contributed by atoms with E-state index >= 15 is 0 Å². The summed E-state index contributed by atoms with van der Waals surface area (Å²) in [7, 11) is -2.17. The maximum absolute atomic E-state index is 11.9. The summed E-state index contributed by atoms with van der Waals surface area (Å²) in [4.78, 5) is 23.2. The van der Waals surface area contributed by atoms with Crippen molar-refractivity contribution in [3.8, 4) is 0 Å². The Morgan fingerprint density at radius 2 is 2.00 bits per heavy atom. The van der Waals surface area contributed by atoms with Crippen LogP contribution in [0.4, 0.5) is 0 Å². The van der Waals surface area contributed by atoms with Crippen LogP contribution in [0.2, 0.25) is 0 Å². The van der Waals surface area contributed by atoms with Crippen LogP contribution in [-0.2, 0) is 38.1 Å². The van der Waals surface area contributed by atoms with E-state index in [0.717, 1.165) is 0 Å². The van der Waals surface area contributed by atoms with Crippen molar-refractivity contribution < 1.29 is 36.4 Å². The van der Waals surface area contributed by atoms with E-state index in [9.17, 15) is 18.0 Å². The van der Waals surface area contributed by atoms with Gasteiger partial charge in [0.2, 0.25) is 0 Å². The number of fused-ring (bicyclic) bond motifs is 2. The predicted molar refractivity (Wildman–Crippen MR) is 82.5 cm³/mol. The van der Waals surface area contributed by atoms with Gasteiger partial charge in [0, 0.05) is 19.1 Å². The number of rotatable bonds is 7. The molecule has 4 atom stereocenters. The van der Waals surface area contributed by atoms with Gasteiger partial charge in [0.1, 0.15) is 6.10 Å². The topological polar surface area (TPSA) is 105 Å². The van der Waals surface area contributed by atoms with Gasteiger partial charge in [-0.1, -0.05) is 6.58 Å². The molecule has 24 heavy (non-hydrogen) atoms. The second kappa shape index (κ2) is 7.62. The lowest BCUT2D eigenvalue weighted by Crippen LogP contribution is -2.46. The van der Waals surface area contributed by atoms with Gasteiger partial charge in [-0.25, -0.2) is 4.79 Å². The molecule has 0 spiro atoms. The van der Waals surface area contributed by atoms with Gasteiger partial charge in [0.25, 0.3) is 10.1 Å². The number of hydrogen-bond donors (Lipinski definition) is 0. The largest absolute Gasteiger partial charge is 0.462 e. The zero-order valence-corrected chi connectivity index (χ0v) is 14.5. The van der Waals surface area contributed by atoms with Gasteiger partial charge in [-0.3, -0.25) is 8.98 Å². The summed E-state index contributed by atoms with van der Waals surface area (Å²) in [6.45, 7) is 5.07. The average molecular weight is 362 g/mol. The smallest absolute Gasteiger partial charge is 0.333 e. The Bertz CT molecular complexity index is 611. The Morgan fingerprint density at radius 3 is 2.62 bits per heavy atom. The average Bonchev–Trinajstić information content (AvgIpc) is 2.76. The van der Waals surface area contributed by atoms with Crippen molar-refractivity contribution in [2.75, 3.05) is 13.7 Å². The molecule has 0 aromatic carbocycles. The van der Waals surface area contributed by atoms with E-state index in [0.29, 0.717) is 12.8 Å². The first kappa shape index (κ1) is 18.9. The third kappa shape index (κ3) is 4.34. The summed E-state index contributed by atoms with van der Waals surface area (Å²) >= 11 is 0. The second-order valence-electron chi connectivity index (χ2n) is 5.97. The number of ether oxygens (including phenoxy) is 3.